The molecule has 26 heavy (non-hydrogen) atoms. The molecule has 0 aliphatic carbocycles. The number of epoxide rings is 1. The number of carbonyl (C=O) groups excluding carboxylic acids is 1. The molecule has 1 unspecified atom stereocenters. The van der Waals surface area contributed by atoms with E-state index in [1.54, 1.807) is 34.6 Å². The molecule has 7 heteroatoms. The van der Waals surface area contributed by atoms with E-state index in [0.717, 1.165) is 6.07 Å². The lowest BCUT2D eigenvalue weighted by atomic mass is 10.0. The van der Waals surface area contributed by atoms with Gasteiger partial charge in [-0.15, -0.1) is 0 Å². The van der Waals surface area contributed by atoms with E-state index in [-0.39, 0.29) is 12.2 Å². The highest BCUT2D eigenvalue weighted by Crippen LogP contribution is 2.26. The molecule has 1 aromatic carbocycles. The Hall–Kier alpha value is -1.73. The van der Waals surface area contributed by atoms with Crippen LogP contribution in [0, 0.1) is 11.6 Å². The van der Waals surface area contributed by atoms with Crippen molar-refractivity contribution in [3.05, 3.63) is 35.4 Å². The molecule has 2 atom stereocenters. The zero-order valence-electron chi connectivity index (χ0n) is 15.9. The predicted molar refractivity (Wildman–Crippen MR) is 92.7 cm³/mol. The van der Waals surface area contributed by atoms with Gasteiger partial charge in [-0.25, -0.2) is 13.6 Å². The summed E-state index contributed by atoms with van der Waals surface area (Å²) in [6, 6.07) is 3.45. The minimum absolute atomic E-state index is 0.0897. The van der Waals surface area contributed by atoms with Gasteiger partial charge in [0.2, 0.25) is 0 Å². The monoisotopic (exact) mass is 371 g/mol. The van der Waals surface area contributed by atoms with E-state index in [2.05, 4.69) is 5.32 Å². The second-order valence-electron chi connectivity index (χ2n) is 7.98. The molecule has 0 spiro atoms. The Morgan fingerprint density at radius 1 is 1.23 bits per heavy atom. The maximum atomic E-state index is 13.3. The molecule has 0 saturated carbocycles. The number of amides is 1. The number of hydrogen-bond acceptors (Lipinski definition) is 4. The van der Waals surface area contributed by atoms with Crippen molar-refractivity contribution in [1.29, 1.82) is 0 Å². The molecule has 1 N–H and O–H groups in total. The third kappa shape index (κ3) is 7.25. The number of benzene rings is 1. The number of carbonyl (C=O) groups is 1. The van der Waals surface area contributed by atoms with Gasteiger partial charge in [0.1, 0.15) is 29.1 Å². The molecular weight excluding hydrogens is 344 g/mol. The summed E-state index contributed by atoms with van der Waals surface area (Å²) < 4.78 is 43.2. The summed E-state index contributed by atoms with van der Waals surface area (Å²) in [4.78, 5) is 12.0. The van der Waals surface area contributed by atoms with Gasteiger partial charge in [-0.2, -0.15) is 0 Å². The normalized spacial score (nSPS) is 18.3. The highest BCUT2D eigenvalue weighted by atomic mass is 19.1. The number of aryl methyl sites for hydroxylation is 1. The van der Waals surface area contributed by atoms with Crippen LogP contribution in [0.3, 0.4) is 0 Å². The average Bonchev–Trinajstić information content (AvgIpc) is 3.23. The Morgan fingerprint density at radius 3 is 2.31 bits per heavy atom. The van der Waals surface area contributed by atoms with Gasteiger partial charge in [0, 0.05) is 6.07 Å². The topological polar surface area (TPSA) is 60.1 Å². The van der Waals surface area contributed by atoms with Crippen LogP contribution in [0.4, 0.5) is 13.6 Å². The van der Waals surface area contributed by atoms with Crippen LogP contribution in [-0.2, 0) is 20.6 Å². The van der Waals surface area contributed by atoms with Crippen LogP contribution in [0.2, 0.25) is 0 Å². The standard InChI is InChI=1S/C19H27F2NO4/c1-18(2,3)26-17(23)22-19(4,5)25-15(16-11-24-16)7-6-12-8-13(20)10-14(21)9-12/h8-10,15-16H,6-7,11H2,1-5H3,(H,22,23)/t15-,16?/m1/s1. The number of halogens is 2. The van der Waals surface area contributed by atoms with E-state index in [1.165, 1.54) is 12.1 Å². The highest BCUT2D eigenvalue weighted by Gasteiger charge is 2.38. The lowest BCUT2D eigenvalue weighted by Crippen LogP contribution is -2.50. The van der Waals surface area contributed by atoms with Gasteiger partial charge in [0.05, 0.1) is 12.7 Å². The Balaban J connectivity index is 1.93. The molecule has 2 rings (SSSR count). The highest BCUT2D eigenvalue weighted by molar-refractivity contribution is 5.68. The fourth-order valence-electron chi connectivity index (χ4n) is 2.61. The Kier molecular flexibility index (Phi) is 6.24. The number of alkyl carbamates (subject to hydrolysis) is 1. The van der Waals surface area contributed by atoms with Gasteiger partial charge < -0.3 is 14.2 Å². The minimum atomic E-state index is -0.980. The van der Waals surface area contributed by atoms with Gasteiger partial charge >= 0.3 is 6.09 Å². The van der Waals surface area contributed by atoms with Crippen LogP contribution in [0.1, 0.15) is 46.6 Å². The van der Waals surface area contributed by atoms with E-state index < -0.39 is 29.1 Å². The molecule has 1 aromatic rings. The molecule has 146 valence electrons. The van der Waals surface area contributed by atoms with Crippen LogP contribution in [-0.4, -0.2) is 36.2 Å². The van der Waals surface area contributed by atoms with Crippen molar-refractivity contribution in [1.82, 2.24) is 5.32 Å². The quantitative estimate of drug-likeness (QED) is 0.583. The molecule has 5 nitrogen and oxygen atoms in total. The maximum absolute atomic E-state index is 13.3. The number of rotatable bonds is 7. The molecule has 1 aliphatic rings. The maximum Gasteiger partial charge on any atom is 0.409 e. The van der Waals surface area contributed by atoms with Gasteiger partial charge in [0.15, 0.2) is 0 Å². The smallest absolute Gasteiger partial charge is 0.409 e. The molecule has 1 aliphatic heterocycles. The second-order valence-corrected chi connectivity index (χ2v) is 7.98. The van der Waals surface area contributed by atoms with Crippen LogP contribution in [0.5, 0.6) is 0 Å². The summed E-state index contributed by atoms with van der Waals surface area (Å²) in [5, 5.41) is 2.68. The summed E-state index contributed by atoms with van der Waals surface area (Å²) in [6.45, 7) is 9.32. The fourth-order valence-corrected chi connectivity index (χ4v) is 2.61. The fraction of sp³-hybridized carbons (Fsp3) is 0.632. The van der Waals surface area contributed by atoms with E-state index in [4.69, 9.17) is 14.2 Å². The van der Waals surface area contributed by atoms with Crippen LogP contribution < -0.4 is 5.32 Å². The van der Waals surface area contributed by atoms with Crippen molar-refractivity contribution in [3.8, 4) is 0 Å². The van der Waals surface area contributed by atoms with Crippen molar-refractivity contribution in [2.24, 2.45) is 0 Å². The lowest BCUT2D eigenvalue weighted by molar-refractivity contribution is -0.102. The molecule has 1 heterocycles. The summed E-state index contributed by atoms with van der Waals surface area (Å²) in [5.41, 5.74) is -1.04. The number of nitrogens with one attached hydrogen (secondary N) is 1. The summed E-state index contributed by atoms with van der Waals surface area (Å²) in [7, 11) is 0. The van der Waals surface area contributed by atoms with Crippen LogP contribution in [0.25, 0.3) is 0 Å². The van der Waals surface area contributed by atoms with Crippen molar-refractivity contribution >= 4 is 6.09 Å². The third-order valence-corrected chi connectivity index (χ3v) is 3.66. The molecule has 0 bridgehead atoms. The molecule has 1 fully saturated rings. The minimum Gasteiger partial charge on any atom is -0.444 e. The van der Waals surface area contributed by atoms with Gasteiger partial charge in [0.25, 0.3) is 0 Å². The van der Waals surface area contributed by atoms with Gasteiger partial charge in [-0.1, -0.05) is 0 Å². The molecular formula is C19H27F2NO4. The summed E-state index contributed by atoms with van der Waals surface area (Å²) >= 11 is 0. The van der Waals surface area contributed by atoms with Crippen molar-refractivity contribution in [2.45, 2.75) is 71.0 Å². The first-order valence-electron chi connectivity index (χ1n) is 8.69. The average molecular weight is 371 g/mol. The summed E-state index contributed by atoms with van der Waals surface area (Å²) in [5.74, 6) is -1.21. The number of ether oxygens (including phenoxy) is 3. The largest absolute Gasteiger partial charge is 0.444 e. The second kappa shape index (κ2) is 7.88. The molecule has 1 amide bonds. The van der Waals surface area contributed by atoms with Crippen LogP contribution in [0.15, 0.2) is 18.2 Å². The van der Waals surface area contributed by atoms with Crippen molar-refractivity contribution in [2.75, 3.05) is 6.61 Å². The Morgan fingerprint density at radius 2 is 1.81 bits per heavy atom. The predicted octanol–water partition coefficient (Wildman–Crippen LogP) is 3.94. The van der Waals surface area contributed by atoms with Gasteiger partial charge in [-0.3, -0.25) is 5.32 Å². The van der Waals surface area contributed by atoms with E-state index in [9.17, 15) is 13.6 Å². The van der Waals surface area contributed by atoms with E-state index in [0.29, 0.717) is 25.0 Å². The van der Waals surface area contributed by atoms with Crippen LogP contribution >= 0.6 is 0 Å². The van der Waals surface area contributed by atoms with Crippen molar-refractivity contribution < 1.29 is 27.8 Å². The molecule has 1 saturated heterocycles. The first-order chi connectivity index (χ1) is 11.9. The SMILES string of the molecule is CC(C)(C)OC(=O)NC(C)(C)O[C@H](CCc1cc(F)cc(F)c1)C1CO1. The Bertz CT molecular complexity index is 619. The number of hydrogen-bond donors (Lipinski definition) is 1. The van der Waals surface area contributed by atoms with Crippen molar-refractivity contribution in [3.63, 3.8) is 0 Å². The zero-order valence-corrected chi connectivity index (χ0v) is 15.9. The Labute approximate surface area is 153 Å². The first-order valence-corrected chi connectivity index (χ1v) is 8.69. The third-order valence-electron chi connectivity index (χ3n) is 3.66. The van der Waals surface area contributed by atoms with E-state index in [1.807, 2.05) is 0 Å². The van der Waals surface area contributed by atoms with Gasteiger partial charge in [-0.05, 0) is 65.2 Å². The first kappa shape index (κ1) is 20.6. The summed E-state index contributed by atoms with van der Waals surface area (Å²) in [6.07, 6.45) is -0.0427. The molecule has 0 radical (unpaired) electrons. The zero-order chi connectivity index (χ0) is 19.5. The lowest BCUT2D eigenvalue weighted by Gasteiger charge is -2.32. The van der Waals surface area contributed by atoms with E-state index >= 15 is 0 Å². The molecule has 0 aromatic heterocycles.